The number of carbonyl (C=O) groups is 1. The van der Waals surface area contributed by atoms with Gasteiger partial charge in [0.25, 0.3) is 0 Å². The van der Waals surface area contributed by atoms with Gasteiger partial charge in [-0.15, -0.1) is 0 Å². The smallest absolute Gasteiger partial charge is 0.368 e. The summed E-state index contributed by atoms with van der Waals surface area (Å²) in [5, 5.41) is 6.45. The predicted molar refractivity (Wildman–Crippen MR) is 104 cm³/mol. The molecule has 0 aliphatic heterocycles. The van der Waals surface area contributed by atoms with Gasteiger partial charge in [0.05, 0.1) is 32.8 Å². The normalized spacial score (nSPS) is 13.3. The predicted octanol–water partition coefficient (Wildman–Crippen LogP) is 2.94. The van der Waals surface area contributed by atoms with Crippen molar-refractivity contribution in [2.45, 2.75) is 18.0 Å². The molecule has 13 heteroatoms. The van der Waals surface area contributed by atoms with E-state index in [1.54, 1.807) is 0 Å². The van der Waals surface area contributed by atoms with Crippen molar-refractivity contribution in [2.75, 3.05) is 29.6 Å². The van der Waals surface area contributed by atoms with Crippen LogP contribution in [0.25, 0.3) is 5.69 Å². The van der Waals surface area contributed by atoms with Crippen molar-refractivity contribution in [3.63, 3.8) is 0 Å². The van der Waals surface area contributed by atoms with Gasteiger partial charge in [-0.3, -0.25) is 9.00 Å². The molecular weight excluding hydrogens is 455 g/mol. The molecule has 0 spiro atoms. The molecule has 0 bridgehead atoms. The van der Waals surface area contributed by atoms with Gasteiger partial charge in [0.15, 0.2) is 16.1 Å². The monoisotopic (exact) mass is 471 g/mol. The van der Waals surface area contributed by atoms with Crippen LogP contribution in [0.3, 0.4) is 0 Å². The van der Waals surface area contributed by atoms with Crippen LogP contribution in [-0.4, -0.2) is 53.0 Å². The molecule has 0 saturated heterocycles. The van der Waals surface area contributed by atoms with Crippen molar-refractivity contribution in [1.29, 1.82) is 0 Å². The highest BCUT2D eigenvalue weighted by molar-refractivity contribution is 7.91. The Bertz CT molecular complexity index is 1050. The number of sulfone groups is 1. The van der Waals surface area contributed by atoms with E-state index in [1.165, 1.54) is 13.2 Å². The van der Waals surface area contributed by atoms with Crippen LogP contribution in [0.2, 0.25) is 5.02 Å². The third-order valence-electron chi connectivity index (χ3n) is 3.91. The fourth-order valence-corrected chi connectivity index (χ4v) is 4.21. The minimum Gasteiger partial charge on any atom is -0.368 e. The summed E-state index contributed by atoms with van der Waals surface area (Å²) in [4.78, 5) is 11.4. The molecule has 0 fully saturated rings. The van der Waals surface area contributed by atoms with Gasteiger partial charge in [-0.25, -0.2) is 13.1 Å². The van der Waals surface area contributed by atoms with E-state index in [0.717, 1.165) is 16.8 Å². The van der Waals surface area contributed by atoms with Gasteiger partial charge < -0.3 is 5.32 Å². The molecule has 0 aliphatic rings. The molecule has 1 aromatic carbocycles. The first kappa shape index (κ1) is 23.4. The third kappa shape index (κ3) is 5.37. The van der Waals surface area contributed by atoms with Crippen LogP contribution in [0.5, 0.6) is 0 Å². The Morgan fingerprint density at radius 2 is 2.00 bits per heavy atom. The Kier molecular flexibility index (Phi) is 7.12. The number of benzene rings is 1. The van der Waals surface area contributed by atoms with Crippen LogP contribution >= 0.6 is 11.6 Å². The Morgan fingerprint density at radius 1 is 1.34 bits per heavy atom. The Hall–Kier alpha value is -1.92. The number of aldehydes is 1. The summed E-state index contributed by atoms with van der Waals surface area (Å²) in [6, 6.07) is 2.55. The average Bonchev–Trinajstić information content (AvgIpc) is 2.99. The summed E-state index contributed by atoms with van der Waals surface area (Å²) in [6.07, 6.45) is -2.97. The lowest BCUT2D eigenvalue weighted by molar-refractivity contribution is -0.137. The van der Waals surface area contributed by atoms with Crippen molar-refractivity contribution in [1.82, 2.24) is 9.78 Å². The molecule has 1 unspecified atom stereocenters. The topological polar surface area (TPSA) is 98.1 Å². The van der Waals surface area contributed by atoms with Gasteiger partial charge in [-0.1, -0.05) is 18.5 Å². The lowest BCUT2D eigenvalue weighted by atomic mass is 10.2. The quantitative estimate of drug-likeness (QED) is 0.594. The van der Waals surface area contributed by atoms with Crippen LogP contribution in [0.1, 0.15) is 23.0 Å². The lowest BCUT2D eigenvalue weighted by Crippen LogP contribution is -2.19. The molecule has 1 atom stereocenters. The van der Waals surface area contributed by atoms with Gasteiger partial charge in [-0.2, -0.15) is 18.3 Å². The molecule has 160 valence electrons. The molecule has 0 aliphatic carbocycles. The number of anilines is 1. The van der Waals surface area contributed by atoms with Gasteiger partial charge in [0.1, 0.15) is 16.4 Å². The van der Waals surface area contributed by atoms with Crippen LogP contribution in [0.4, 0.5) is 19.0 Å². The summed E-state index contributed by atoms with van der Waals surface area (Å²) in [5.74, 6) is -0.312. The van der Waals surface area contributed by atoms with E-state index < -0.39 is 32.4 Å². The van der Waals surface area contributed by atoms with E-state index >= 15 is 0 Å². The highest BCUT2D eigenvalue weighted by Gasteiger charge is 2.31. The summed E-state index contributed by atoms with van der Waals surface area (Å²) in [6.45, 7) is 1.39. The summed E-state index contributed by atoms with van der Waals surface area (Å²) < 4.78 is 75.2. The lowest BCUT2D eigenvalue weighted by Gasteiger charge is -2.14. The number of hydrogen-bond acceptors (Lipinski definition) is 6. The van der Waals surface area contributed by atoms with Crippen LogP contribution in [0.15, 0.2) is 23.1 Å². The van der Waals surface area contributed by atoms with Crippen molar-refractivity contribution in [3.05, 3.63) is 34.5 Å². The van der Waals surface area contributed by atoms with E-state index in [-0.39, 0.29) is 45.2 Å². The van der Waals surface area contributed by atoms with Crippen LogP contribution in [-0.2, 0) is 26.8 Å². The van der Waals surface area contributed by atoms with E-state index in [9.17, 15) is 30.6 Å². The maximum absolute atomic E-state index is 12.9. The molecule has 0 amide bonds. The number of rotatable bonds is 8. The molecule has 7 nitrogen and oxygen atoms in total. The van der Waals surface area contributed by atoms with E-state index in [2.05, 4.69) is 10.4 Å². The molecular formula is C16H17ClF3N3O4S2. The first-order chi connectivity index (χ1) is 13.4. The van der Waals surface area contributed by atoms with Crippen LogP contribution < -0.4 is 5.32 Å². The molecule has 1 N–H and O–H groups in total. The number of nitrogens with one attached hydrogen (secondary N) is 1. The van der Waals surface area contributed by atoms with Gasteiger partial charge in [-0.05, 0) is 18.2 Å². The summed E-state index contributed by atoms with van der Waals surface area (Å²) >= 11 is 6.01. The molecule has 0 radical (unpaired) electrons. The molecule has 29 heavy (non-hydrogen) atoms. The van der Waals surface area contributed by atoms with Crippen molar-refractivity contribution in [3.8, 4) is 5.69 Å². The van der Waals surface area contributed by atoms with Gasteiger partial charge in [0.2, 0.25) is 0 Å². The summed E-state index contributed by atoms with van der Waals surface area (Å²) in [7, 11) is -5.02. The SMILES string of the molecule is CCS(=O)(=O)CCNc1c(S(C)=O)c(C=O)nn1-c1ccc(C(F)(F)F)cc1Cl. The van der Waals surface area contributed by atoms with E-state index in [0.29, 0.717) is 12.4 Å². The molecule has 1 aromatic heterocycles. The minimum absolute atomic E-state index is 0.000292. The fraction of sp³-hybridized carbons (Fsp3) is 0.375. The maximum atomic E-state index is 12.9. The second-order valence-corrected chi connectivity index (χ2v) is 10.1. The zero-order chi connectivity index (χ0) is 22.0. The number of alkyl halides is 3. The number of aromatic nitrogens is 2. The van der Waals surface area contributed by atoms with Gasteiger partial charge in [0, 0.05) is 18.6 Å². The molecule has 1 heterocycles. The maximum Gasteiger partial charge on any atom is 0.416 e. The van der Waals surface area contributed by atoms with Crippen LogP contribution in [0, 0.1) is 0 Å². The minimum atomic E-state index is -4.61. The number of halogens is 4. The zero-order valence-electron chi connectivity index (χ0n) is 15.3. The first-order valence-corrected chi connectivity index (χ1v) is 11.9. The number of hydrogen-bond donors (Lipinski definition) is 1. The van der Waals surface area contributed by atoms with E-state index in [1.807, 2.05) is 0 Å². The number of carbonyl (C=O) groups excluding carboxylic acids is 1. The van der Waals surface area contributed by atoms with E-state index in [4.69, 9.17) is 11.6 Å². The Labute approximate surface area is 172 Å². The standard InChI is InChI=1S/C16H17ClF3N3O4S2/c1-3-29(26,27)7-6-21-15-14(28(2)25)12(9-24)22-23(15)13-5-4-10(8-11(13)17)16(18,19)20/h4-5,8-9,21H,3,6-7H2,1-2H3. The Morgan fingerprint density at radius 3 is 2.48 bits per heavy atom. The largest absolute Gasteiger partial charge is 0.416 e. The molecule has 2 aromatic rings. The Balaban J connectivity index is 2.57. The third-order valence-corrected chi connectivity index (χ3v) is 6.90. The second kappa shape index (κ2) is 8.84. The fourth-order valence-electron chi connectivity index (χ4n) is 2.43. The molecule has 0 saturated carbocycles. The van der Waals surface area contributed by atoms with Gasteiger partial charge >= 0.3 is 6.18 Å². The van der Waals surface area contributed by atoms with Crippen molar-refractivity contribution >= 4 is 44.3 Å². The number of nitrogens with zero attached hydrogens (tertiary/aromatic N) is 2. The zero-order valence-corrected chi connectivity index (χ0v) is 17.7. The molecule has 2 rings (SSSR count). The average molecular weight is 472 g/mol. The van der Waals surface area contributed by atoms with Crippen molar-refractivity contribution < 1.29 is 30.6 Å². The first-order valence-electron chi connectivity index (χ1n) is 8.14. The summed E-state index contributed by atoms with van der Waals surface area (Å²) in [5.41, 5.74) is -1.18. The second-order valence-electron chi connectivity index (χ2n) is 5.87. The van der Waals surface area contributed by atoms with Crippen molar-refractivity contribution in [2.24, 2.45) is 0 Å². The highest BCUT2D eigenvalue weighted by Crippen LogP contribution is 2.35. The highest BCUT2D eigenvalue weighted by atomic mass is 35.5.